The molecule has 1 aliphatic carbocycles. The molecule has 0 bridgehead atoms. The summed E-state index contributed by atoms with van der Waals surface area (Å²) >= 11 is 0. The molecule has 3 nitrogen and oxygen atoms in total. The highest BCUT2D eigenvalue weighted by atomic mass is 16.2. The van der Waals surface area contributed by atoms with Crippen molar-refractivity contribution in [3.05, 3.63) is 71.3 Å². The van der Waals surface area contributed by atoms with E-state index < -0.39 is 0 Å². The molecule has 2 aromatic carbocycles. The van der Waals surface area contributed by atoms with Crippen LogP contribution in [-0.2, 0) is 24.1 Å². The molecule has 1 fully saturated rings. The molecule has 136 valence electrons. The molecule has 2 N–H and O–H groups in total. The van der Waals surface area contributed by atoms with E-state index in [0.717, 1.165) is 51.6 Å². The molecule has 0 aromatic heterocycles. The average Bonchev–Trinajstić information content (AvgIpc) is 2.69. The Balaban J connectivity index is 1.48. The van der Waals surface area contributed by atoms with Crippen LogP contribution in [0.4, 0.5) is 0 Å². The molecule has 0 spiro atoms. The van der Waals surface area contributed by atoms with Crippen LogP contribution in [0.2, 0.25) is 0 Å². The van der Waals surface area contributed by atoms with Gasteiger partial charge in [0.05, 0.1) is 5.41 Å². The Kier molecular flexibility index (Phi) is 5.07. The molecule has 1 aliphatic heterocycles. The van der Waals surface area contributed by atoms with Gasteiger partial charge in [0.15, 0.2) is 0 Å². The Morgan fingerprint density at radius 1 is 1.00 bits per heavy atom. The Morgan fingerprint density at radius 2 is 1.69 bits per heavy atom. The molecular formula is C23H28N2O. The largest absolute Gasteiger partial charge is 0.353 e. The van der Waals surface area contributed by atoms with Gasteiger partial charge in [0.25, 0.3) is 0 Å². The van der Waals surface area contributed by atoms with Crippen LogP contribution in [0.1, 0.15) is 36.0 Å². The van der Waals surface area contributed by atoms with Crippen molar-refractivity contribution in [1.82, 2.24) is 10.6 Å². The summed E-state index contributed by atoms with van der Waals surface area (Å²) in [6.45, 7) is 1.85. The summed E-state index contributed by atoms with van der Waals surface area (Å²) < 4.78 is 0. The first-order chi connectivity index (χ1) is 12.8. The van der Waals surface area contributed by atoms with Gasteiger partial charge in [-0.2, -0.15) is 0 Å². The summed E-state index contributed by atoms with van der Waals surface area (Å²) in [4.78, 5) is 13.4. The number of piperidine rings is 1. The van der Waals surface area contributed by atoms with Crippen LogP contribution in [0.15, 0.2) is 54.6 Å². The van der Waals surface area contributed by atoms with E-state index in [1.165, 1.54) is 16.7 Å². The van der Waals surface area contributed by atoms with Gasteiger partial charge in [0.2, 0.25) is 5.91 Å². The third-order valence-electron chi connectivity index (χ3n) is 6.11. The molecule has 0 radical (unpaired) electrons. The predicted molar refractivity (Wildman–Crippen MR) is 105 cm³/mol. The van der Waals surface area contributed by atoms with Gasteiger partial charge < -0.3 is 10.6 Å². The van der Waals surface area contributed by atoms with E-state index in [1.54, 1.807) is 0 Å². The monoisotopic (exact) mass is 348 g/mol. The first-order valence-corrected chi connectivity index (χ1v) is 9.88. The molecule has 1 heterocycles. The number of fused-ring (bicyclic) bond motifs is 1. The third-order valence-corrected chi connectivity index (χ3v) is 6.11. The van der Waals surface area contributed by atoms with Crippen LogP contribution in [0.5, 0.6) is 0 Å². The van der Waals surface area contributed by atoms with Crippen molar-refractivity contribution in [1.29, 1.82) is 0 Å². The quantitative estimate of drug-likeness (QED) is 0.890. The van der Waals surface area contributed by atoms with Gasteiger partial charge in [-0.1, -0.05) is 54.6 Å². The number of benzene rings is 2. The highest BCUT2D eigenvalue weighted by Gasteiger charge is 2.40. The maximum Gasteiger partial charge on any atom is 0.226 e. The van der Waals surface area contributed by atoms with Crippen molar-refractivity contribution < 1.29 is 4.79 Å². The van der Waals surface area contributed by atoms with Crippen LogP contribution in [0, 0.1) is 5.41 Å². The Hall–Kier alpha value is -2.13. The molecule has 0 saturated carbocycles. The normalized spacial score (nSPS) is 21.6. The van der Waals surface area contributed by atoms with Gasteiger partial charge in [0.1, 0.15) is 0 Å². The van der Waals surface area contributed by atoms with Crippen LogP contribution in [-0.4, -0.2) is 25.0 Å². The van der Waals surface area contributed by atoms with E-state index in [4.69, 9.17) is 0 Å². The summed E-state index contributed by atoms with van der Waals surface area (Å²) in [5, 5.41) is 6.84. The maximum absolute atomic E-state index is 13.4. The topological polar surface area (TPSA) is 41.1 Å². The van der Waals surface area contributed by atoms with Gasteiger partial charge in [-0.3, -0.25) is 4.79 Å². The number of hydrogen-bond donors (Lipinski definition) is 2. The van der Waals surface area contributed by atoms with Crippen LogP contribution < -0.4 is 10.6 Å². The molecule has 26 heavy (non-hydrogen) atoms. The zero-order valence-corrected chi connectivity index (χ0v) is 15.3. The Labute approximate surface area is 156 Å². The first-order valence-electron chi connectivity index (χ1n) is 9.88. The third kappa shape index (κ3) is 3.68. The molecule has 1 amide bonds. The standard InChI is InChI=1S/C23H28N2O/c26-22(25-21-11-10-19-8-4-5-9-20(19)16-21)23(12-14-24-15-13-23)17-18-6-2-1-3-7-18/h1-9,21,24H,10-17H2,(H,25,26). The van der Waals surface area contributed by atoms with E-state index >= 15 is 0 Å². The molecule has 2 aliphatic rings. The van der Waals surface area contributed by atoms with Crippen LogP contribution in [0.3, 0.4) is 0 Å². The average molecular weight is 348 g/mol. The van der Waals surface area contributed by atoms with E-state index in [-0.39, 0.29) is 17.4 Å². The first kappa shape index (κ1) is 17.3. The van der Waals surface area contributed by atoms with Crippen molar-refractivity contribution in [3.8, 4) is 0 Å². The Morgan fingerprint density at radius 3 is 2.46 bits per heavy atom. The van der Waals surface area contributed by atoms with Gasteiger partial charge in [-0.25, -0.2) is 0 Å². The SMILES string of the molecule is O=C(NC1CCc2ccccc2C1)C1(Cc2ccccc2)CCNCC1. The lowest BCUT2D eigenvalue weighted by atomic mass is 9.73. The summed E-state index contributed by atoms with van der Waals surface area (Å²) in [7, 11) is 0. The maximum atomic E-state index is 13.4. The molecule has 4 rings (SSSR count). The summed E-state index contributed by atoms with van der Waals surface area (Å²) in [5.41, 5.74) is 3.83. The second kappa shape index (κ2) is 7.63. The highest BCUT2D eigenvalue weighted by Crippen LogP contribution is 2.34. The predicted octanol–water partition coefficient (Wildman–Crippen LogP) is 3.27. The minimum absolute atomic E-state index is 0.257. The highest BCUT2D eigenvalue weighted by molar-refractivity contribution is 5.83. The molecule has 1 unspecified atom stereocenters. The zero-order chi connectivity index (χ0) is 17.8. The lowest BCUT2D eigenvalue weighted by Crippen LogP contribution is -2.52. The van der Waals surface area contributed by atoms with Gasteiger partial charge in [-0.05, 0) is 68.3 Å². The molecule has 3 heteroatoms. The Bertz CT molecular complexity index is 750. The van der Waals surface area contributed by atoms with Crippen molar-refractivity contribution in [2.24, 2.45) is 5.41 Å². The summed E-state index contributed by atoms with van der Waals surface area (Å²) in [5.74, 6) is 0.257. The molecule has 1 atom stereocenters. The van der Waals surface area contributed by atoms with Gasteiger partial charge in [-0.15, -0.1) is 0 Å². The summed E-state index contributed by atoms with van der Waals surface area (Å²) in [6, 6.07) is 19.4. The zero-order valence-electron chi connectivity index (χ0n) is 15.3. The van der Waals surface area contributed by atoms with Crippen molar-refractivity contribution in [2.45, 2.75) is 44.6 Å². The number of carbonyl (C=O) groups is 1. The van der Waals surface area contributed by atoms with E-state index in [0.29, 0.717) is 0 Å². The van der Waals surface area contributed by atoms with Crippen molar-refractivity contribution in [3.63, 3.8) is 0 Å². The smallest absolute Gasteiger partial charge is 0.226 e. The molecule has 2 aromatic rings. The number of carbonyl (C=O) groups excluding carboxylic acids is 1. The lowest BCUT2D eigenvalue weighted by Gasteiger charge is -2.38. The number of rotatable bonds is 4. The van der Waals surface area contributed by atoms with E-state index in [9.17, 15) is 4.79 Å². The number of amides is 1. The van der Waals surface area contributed by atoms with Gasteiger partial charge >= 0.3 is 0 Å². The van der Waals surface area contributed by atoms with Crippen molar-refractivity contribution >= 4 is 5.91 Å². The minimum Gasteiger partial charge on any atom is -0.353 e. The minimum atomic E-state index is -0.274. The second-order valence-corrected chi connectivity index (χ2v) is 7.87. The number of nitrogens with one attached hydrogen (secondary N) is 2. The van der Waals surface area contributed by atoms with Crippen LogP contribution >= 0.6 is 0 Å². The summed E-state index contributed by atoms with van der Waals surface area (Å²) in [6.07, 6.45) is 5.73. The fourth-order valence-electron chi connectivity index (χ4n) is 4.54. The molecular weight excluding hydrogens is 320 g/mol. The van der Waals surface area contributed by atoms with Gasteiger partial charge in [0, 0.05) is 6.04 Å². The second-order valence-electron chi connectivity index (χ2n) is 7.87. The fourth-order valence-corrected chi connectivity index (χ4v) is 4.54. The van der Waals surface area contributed by atoms with E-state index in [1.807, 2.05) is 6.07 Å². The molecule has 1 saturated heterocycles. The lowest BCUT2D eigenvalue weighted by molar-refractivity contribution is -0.133. The van der Waals surface area contributed by atoms with Crippen LogP contribution in [0.25, 0.3) is 0 Å². The van der Waals surface area contributed by atoms with E-state index in [2.05, 4.69) is 59.2 Å². The van der Waals surface area contributed by atoms with Crippen molar-refractivity contribution in [2.75, 3.05) is 13.1 Å². The fraction of sp³-hybridized carbons (Fsp3) is 0.435. The number of hydrogen-bond acceptors (Lipinski definition) is 2. The number of aryl methyl sites for hydroxylation is 1.